The van der Waals surface area contributed by atoms with Gasteiger partial charge in [0.2, 0.25) is 5.91 Å². The van der Waals surface area contributed by atoms with Gasteiger partial charge < -0.3 is 9.47 Å². The average Bonchev–Trinajstić information content (AvgIpc) is 3.35. The molecule has 158 valence electrons. The van der Waals surface area contributed by atoms with Gasteiger partial charge >= 0.3 is 0 Å². The highest BCUT2D eigenvalue weighted by Crippen LogP contribution is 2.33. The summed E-state index contributed by atoms with van der Waals surface area (Å²) in [6.07, 6.45) is 2.42. The Bertz CT molecular complexity index is 1070. The summed E-state index contributed by atoms with van der Waals surface area (Å²) in [6, 6.07) is 10.2. The van der Waals surface area contributed by atoms with Crippen LogP contribution in [0.25, 0.3) is 10.2 Å². The Labute approximate surface area is 181 Å². The van der Waals surface area contributed by atoms with Crippen LogP contribution in [0.15, 0.2) is 30.3 Å². The van der Waals surface area contributed by atoms with Crippen LogP contribution in [-0.4, -0.2) is 37.3 Å². The number of hydrogen-bond acceptors (Lipinski definition) is 5. The van der Waals surface area contributed by atoms with Gasteiger partial charge in [-0.15, -0.1) is 0 Å². The van der Waals surface area contributed by atoms with E-state index in [4.69, 9.17) is 14.5 Å². The van der Waals surface area contributed by atoms with Crippen molar-refractivity contribution >= 4 is 32.6 Å². The molecule has 1 amide bonds. The van der Waals surface area contributed by atoms with Crippen LogP contribution >= 0.6 is 11.3 Å². The number of ether oxygens (including phenoxy) is 2. The maximum atomic E-state index is 13.4. The van der Waals surface area contributed by atoms with Crippen LogP contribution in [0.5, 0.6) is 5.75 Å². The topological polar surface area (TPSA) is 51.7 Å². The summed E-state index contributed by atoms with van der Waals surface area (Å²) < 4.78 is 12.3. The molecule has 0 saturated carbocycles. The summed E-state index contributed by atoms with van der Waals surface area (Å²) in [5.41, 5.74) is 5.33. The highest BCUT2D eigenvalue weighted by molar-refractivity contribution is 7.22. The standard InChI is InChI=1S/C24H28N2O3S/c1-15-10-17(3)23-21(11-15)30-24(25-23)26(14-19-6-5-9-29-19)22(27)13-18-7-8-20(28-4)16(2)12-18/h7-8,10-12,19H,5-6,9,13-14H2,1-4H3. The molecule has 0 N–H and O–H groups in total. The fourth-order valence-electron chi connectivity index (χ4n) is 4.07. The lowest BCUT2D eigenvalue weighted by Gasteiger charge is -2.23. The first-order chi connectivity index (χ1) is 14.4. The lowest BCUT2D eigenvalue weighted by Crippen LogP contribution is -2.38. The van der Waals surface area contributed by atoms with Crippen LogP contribution in [0.4, 0.5) is 5.13 Å². The van der Waals surface area contributed by atoms with Gasteiger partial charge in [0, 0.05) is 6.61 Å². The number of nitrogens with zero attached hydrogens (tertiary/aromatic N) is 2. The third kappa shape index (κ3) is 4.35. The molecule has 0 spiro atoms. The quantitative estimate of drug-likeness (QED) is 0.560. The van der Waals surface area contributed by atoms with E-state index >= 15 is 0 Å². The summed E-state index contributed by atoms with van der Waals surface area (Å²) in [6.45, 7) is 7.47. The molecule has 3 aromatic rings. The summed E-state index contributed by atoms with van der Waals surface area (Å²) >= 11 is 1.58. The Hall–Kier alpha value is -2.44. The molecule has 30 heavy (non-hydrogen) atoms. The van der Waals surface area contributed by atoms with Gasteiger partial charge in [-0.1, -0.05) is 29.5 Å². The van der Waals surface area contributed by atoms with E-state index in [0.29, 0.717) is 13.0 Å². The zero-order valence-corrected chi connectivity index (χ0v) is 18.8. The van der Waals surface area contributed by atoms with Crippen LogP contribution in [0.3, 0.4) is 0 Å². The third-order valence-corrected chi connectivity index (χ3v) is 6.60. The Kier molecular flexibility index (Phi) is 6.06. The van der Waals surface area contributed by atoms with Gasteiger partial charge in [-0.25, -0.2) is 4.98 Å². The van der Waals surface area contributed by atoms with E-state index in [1.807, 2.05) is 30.0 Å². The minimum Gasteiger partial charge on any atom is -0.496 e. The maximum absolute atomic E-state index is 13.4. The van der Waals surface area contributed by atoms with Gasteiger partial charge in [0.1, 0.15) is 5.75 Å². The maximum Gasteiger partial charge on any atom is 0.233 e. The molecule has 4 rings (SSSR count). The molecule has 6 heteroatoms. The number of methoxy groups -OCH3 is 1. The molecule has 2 aromatic carbocycles. The van der Waals surface area contributed by atoms with Crippen molar-refractivity contribution in [3.8, 4) is 5.75 Å². The van der Waals surface area contributed by atoms with Crippen LogP contribution in [0.2, 0.25) is 0 Å². The van der Waals surface area contributed by atoms with Crippen LogP contribution in [-0.2, 0) is 16.0 Å². The Morgan fingerprint density at radius 1 is 1.23 bits per heavy atom. The summed E-state index contributed by atoms with van der Waals surface area (Å²) in [7, 11) is 1.66. The Balaban J connectivity index is 1.64. The summed E-state index contributed by atoms with van der Waals surface area (Å²) in [5, 5.41) is 0.754. The number of amides is 1. The van der Waals surface area contributed by atoms with Crippen molar-refractivity contribution < 1.29 is 14.3 Å². The summed E-state index contributed by atoms with van der Waals surface area (Å²) in [5.74, 6) is 0.878. The second-order valence-corrected chi connectivity index (χ2v) is 9.05. The smallest absolute Gasteiger partial charge is 0.233 e. The second kappa shape index (κ2) is 8.74. The second-order valence-electron chi connectivity index (χ2n) is 8.05. The van der Waals surface area contributed by atoms with Crippen LogP contribution in [0.1, 0.15) is 35.1 Å². The molecule has 0 aliphatic carbocycles. The molecule has 2 heterocycles. The van der Waals surface area contributed by atoms with Crippen molar-refractivity contribution in [2.24, 2.45) is 0 Å². The van der Waals surface area contributed by atoms with E-state index < -0.39 is 0 Å². The molecule has 1 fully saturated rings. The van der Waals surface area contributed by atoms with Gasteiger partial charge in [-0.3, -0.25) is 9.69 Å². The zero-order chi connectivity index (χ0) is 21.3. The number of carbonyl (C=O) groups excluding carboxylic acids is 1. The fraction of sp³-hybridized carbons (Fsp3) is 0.417. The number of thiazole rings is 1. The van der Waals surface area contributed by atoms with E-state index in [1.54, 1.807) is 18.4 Å². The molecule has 1 atom stereocenters. The number of hydrogen-bond donors (Lipinski definition) is 0. The first-order valence-electron chi connectivity index (χ1n) is 10.4. The first kappa shape index (κ1) is 20.8. The van der Waals surface area contributed by atoms with Gasteiger partial charge in [0.15, 0.2) is 5.13 Å². The zero-order valence-electron chi connectivity index (χ0n) is 18.0. The lowest BCUT2D eigenvalue weighted by atomic mass is 10.1. The Morgan fingerprint density at radius 2 is 2.07 bits per heavy atom. The highest BCUT2D eigenvalue weighted by Gasteiger charge is 2.26. The van der Waals surface area contributed by atoms with Gasteiger partial charge in [-0.2, -0.15) is 0 Å². The first-order valence-corrected chi connectivity index (χ1v) is 11.2. The van der Waals surface area contributed by atoms with Gasteiger partial charge in [0.05, 0.1) is 36.4 Å². The van der Waals surface area contributed by atoms with E-state index in [1.165, 1.54) is 5.56 Å². The van der Waals surface area contributed by atoms with Crippen LogP contribution in [0, 0.1) is 20.8 Å². The van der Waals surface area contributed by atoms with Crippen molar-refractivity contribution in [3.63, 3.8) is 0 Å². The molecule has 1 aliphatic rings. The number of benzene rings is 2. The SMILES string of the molecule is COc1ccc(CC(=O)N(CC2CCCO2)c2nc3c(C)cc(C)cc3s2)cc1C. The summed E-state index contributed by atoms with van der Waals surface area (Å²) in [4.78, 5) is 20.1. The van der Waals surface area contributed by atoms with Crippen molar-refractivity contribution in [2.45, 2.75) is 46.1 Å². The molecule has 0 bridgehead atoms. The molecular formula is C24H28N2O3S. The van der Waals surface area contributed by atoms with Crippen molar-refractivity contribution in [3.05, 3.63) is 52.6 Å². The van der Waals surface area contributed by atoms with E-state index in [9.17, 15) is 4.79 Å². The molecule has 1 saturated heterocycles. The number of aromatic nitrogens is 1. The number of fused-ring (bicyclic) bond motifs is 1. The van der Waals surface area contributed by atoms with Gasteiger partial charge in [-0.05, 0) is 68.0 Å². The van der Waals surface area contributed by atoms with Crippen molar-refractivity contribution in [1.82, 2.24) is 4.98 Å². The van der Waals surface area contributed by atoms with Crippen molar-refractivity contribution in [2.75, 3.05) is 25.2 Å². The molecule has 1 unspecified atom stereocenters. The third-order valence-electron chi connectivity index (χ3n) is 5.58. The average molecular weight is 425 g/mol. The minimum atomic E-state index is 0.0449. The Morgan fingerprint density at radius 3 is 2.77 bits per heavy atom. The molecule has 5 nitrogen and oxygen atoms in total. The highest BCUT2D eigenvalue weighted by atomic mass is 32.1. The number of rotatable bonds is 6. The molecule has 1 aromatic heterocycles. The monoisotopic (exact) mass is 424 g/mol. The van der Waals surface area contributed by atoms with E-state index in [-0.39, 0.29) is 12.0 Å². The van der Waals surface area contributed by atoms with E-state index in [0.717, 1.165) is 57.2 Å². The van der Waals surface area contributed by atoms with Gasteiger partial charge in [0.25, 0.3) is 0 Å². The predicted molar refractivity (Wildman–Crippen MR) is 122 cm³/mol. The van der Waals surface area contributed by atoms with Crippen molar-refractivity contribution in [1.29, 1.82) is 0 Å². The fourth-order valence-corrected chi connectivity index (χ4v) is 5.24. The minimum absolute atomic E-state index is 0.0449. The van der Waals surface area contributed by atoms with Crippen LogP contribution < -0.4 is 9.64 Å². The molecule has 1 aliphatic heterocycles. The van der Waals surface area contributed by atoms with E-state index in [2.05, 4.69) is 26.0 Å². The number of aryl methyl sites for hydroxylation is 3. The largest absolute Gasteiger partial charge is 0.496 e. The predicted octanol–water partition coefficient (Wildman–Crippen LogP) is 4.98. The number of carbonyl (C=O) groups is 1. The molecule has 0 radical (unpaired) electrons. The lowest BCUT2D eigenvalue weighted by molar-refractivity contribution is -0.118. The number of anilines is 1. The normalized spacial score (nSPS) is 16.2. The molecular weight excluding hydrogens is 396 g/mol.